The smallest absolute Gasteiger partial charge is 0.479 e. The number of carbonyl (C=O) groups is 2. The van der Waals surface area contributed by atoms with E-state index in [1.807, 2.05) is 0 Å². The van der Waals surface area contributed by atoms with E-state index in [2.05, 4.69) is 10.1 Å². The summed E-state index contributed by atoms with van der Waals surface area (Å²) in [6.07, 6.45) is -4.77. The largest absolute Gasteiger partial charge is 0.573 e. The fraction of sp³-hybridized carbons (Fsp3) is 0.143. The molecule has 0 fully saturated rings. The number of hydrogen-bond acceptors (Lipinski definition) is 4. The van der Waals surface area contributed by atoms with Crippen LogP contribution >= 0.6 is 11.3 Å². The van der Waals surface area contributed by atoms with Crippen LogP contribution in [0.1, 0.15) is 22.2 Å². The van der Waals surface area contributed by atoms with Crippen LogP contribution < -0.4 is 10.1 Å². The summed E-state index contributed by atoms with van der Waals surface area (Å²) in [6.45, 7) is 1.40. The zero-order valence-electron chi connectivity index (χ0n) is 15.6. The molecule has 0 bridgehead atoms. The third-order valence-corrected chi connectivity index (χ3v) is 5.32. The number of carbonyl (C=O) groups excluding carboxylic acids is 1. The van der Waals surface area contributed by atoms with Crippen molar-refractivity contribution in [1.82, 2.24) is 5.32 Å². The molecule has 2 N–H and O–H groups in total. The third kappa shape index (κ3) is 4.80. The zero-order chi connectivity index (χ0) is 21.9. The molecule has 156 valence electrons. The summed E-state index contributed by atoms with van der Waals surface area (Å²) >= 11 is 1.10. The van der Waals surface area contributed by atoms with Gasteiger partial charge < -0.3 is 15.2 Å². The molecule has 0 saturated heterocycles. The average molecular weight is 435 g/mol. The summed E-state index contributed by atoms with van der Waals surface area (Å²) in [5.74, 6) is -2.13. The molecule has 0 aliphatic heterocycles. The molecule has 3 rings (SSSR count). The van der Waals surface area contributed by atoms with Crippen LogP contribution in [-0.4, -0.2) is 23.3 Å². The Hall–Kier alpha value is -3.33. The Morgan fingerprint density at radius 2 is 1.63 bits per heavy atom. The zero-order valence-corrected chi connectivity index (χ0v) is 16.4. The molecule has 0 aliphatic carbocycles. The highest BCUT2D eigenvalue weighted by atomic mass is 32.1. The quantitative estimate of drug-likeness (QED) is 0.569. The lowest BCUT2D eigenvalue weighted by atomic mass is 9.92. The van der Waals surface area contributed by atoms with Gasteiger partial charge in [-0.1, -0.05) is 42.5 Å². The lowest BCUT2D eigenvalue weighted by molar-refractivity contribution is -0.274. The minimum atomic E-state index is -4.77. The monoisotopic (exact) mass is 435 g/mol. The van der Waals surface area contributed by atoms with E-state index >= 15 is 0 Å². The number of benzene rings is 2. The minimum Gasteiger partial charge on any atom is -0.479 e. The van der Waals surface area contributed by atoms with Gasteiger partial charge in [0.05, 0.1) is 4.88 Å². The number of halogens is 3. The second-order valence-electron chi connectivity index (χ2n) is 6.52. The van der Waals surface area contributed by atoms with Gasteiger partial charge in [0.15, 0.2) is 5.54 Å². The first kappa shape index (κ1) is 21.4. The van der Waals surface area contributed by atoms with Crippen molar-refractivity contribution >= 4 is 23.2 Å². The van der Waals surface area contributed by atoms with E-state index in [1.54, 1.807) is 41.8 Å². The van der Waals surface area contributed by atoms with E-state index in [9.17, 15) is 27.9 Å². The number of carboxylic acid groups (broad SMARTS) is 1. The molecule has 3 aromatic rings. The third-order valence-electron chi connectivity index (χ3n) is 4.39. The normalized spacial score (nSPS) is 13.3. The topological polar surface area (TPSA) is 75.6 Å². The second-order valence-corrected chi connectivity index (χ2v) is 7.43. The van der Waals surface area contributed by atoms with Gasteiger partial charge in [-0.3, -0.25) is 4.79 Å². The van der Waals surface area contributed by atoms with Crippen LogP contribution in [0.4, 0.5) is 13.2 Å². The standard InChI is InChI=1S/C21H16F3NO4S/c1-20(19(27)28,15-5-3-2-4-6-15)25-18(26)17-11-14(12-30-17)13-7-9-16(10-8-13)29-21(22,23)24/h2-12H,1H3,(H,25,26)(H,27,28)/t20-/m0/s1. The molecule has 0 unspecified atom stereocenters. The number of alkyl halides is 3. The van der Waals surface area contributed by atoms with Crippen LogP contribution in [0, 0.1) is 0 Å². The molecule has 0 aliphatic rings. The fourth-order valence-electron chi connectivity index (χ4n) is 2.77. The molecule has 2 aromatic carbocycles. The predicted octanol–water partition coefficient (Wildman–Crippen LogP) is 5.04. The van der Waals surface area contributed by atoms with Crippen molar-refractivity contribution in [3.8, 4) is 16.9 Å². The molecule has 1 atom stereocenters. The van der Waals surface area contributed by atoms with Gasteiger partial charge in [0.2, 0.25) is 0 Å². The molecule has 1 heterocycles. The van der Waals surface area contributed by atoms with Crippen molar-refractivity contribution < 1.29 is 32.6 Å². The van der Waals surface area contributed by atoms with Crippen molar-refractivity contribution in [2.45, 2.75) is 18.8 Å². The Labute approximate surface area is 173 Å². The summed E-state index contributed by atoms with van der Waals surface area (Å²) in [7, 11) is 0. The molecule has 0 radical (unpaired) electrons. The van der Waals surface area contributed by atoms with Crippen molar-refractivity contribution in [3.63, 3.8) is 0 Å². The molecular weight excluding hydrogens is 419 g/mol. The van der Waals surface area contributed by atoms with Gasteiger partial charge >= 0.3 is 12.3 Å². The number of carboxylic acids is 1. The number of rotatable bonds is 6. The first-order chi connectivity index (χ1) is 14.1. The van der Waals surface area contributed by atoms with E-state index in [4.69, 9.17) is 0 Å². The van der Waals surface area contributed by atoms with E-state index in [1.165, 1.54) is 31.2 Å². The Morgan fingerprint density at radius 3 is 2.20 bits per heavy atom. The molecule has 30 heavy (non-hydrogen) atoms. The number of amides is 1. The van der Waals surface area contributed by atoms with Gasteiger partial charge in [0.25, 0.3) is 5.91 Å². The number of nitrogens with one attached hydrogen (secondary N) is 1. The van der Waals surface area contributed by atoms with Gasteiger partial charge in [-0.15, -0.1) is 24.5 Å². The average Bonchev–Trinajstić information content (AvgIpc) is 3.18. The summed E-state index contributed by atoms with van der Waals surface area (Å²) < 4.78 is 40.6. The van der Waals surface area contributed by atoms with Gasteiger partial charge in [0.1, 0.15) is 5.75 Å². The first-order valence-electron chi connectivity index (χ1n) is 8.64. The summed E-state index contributed by atoms with van der Waals surface area (Å²) in [5.41, 5.74) is -0.00813. The summed E-state index contributed by atoms with van der Waals surface area (Å²) in [4.78, 5) is 24.8. The fourth-order valence-corrected chi connectivity index (χ4v) is 3.58. The highest BCUT2D eigenvalue weighted by Crippen LogP contribution is 2.30. The highest BCUT2D eigenvalue weighted by Gasteiger charge is 2.37. The molecule has 0 spiro atoms. The Kier molecular flexibility index (Phi) is 5.84. The lowest BCUT2D eigenvalue weighted by Gasteiger charge is -2.26. The molecule has 9 heteroatoms. The minimum absolute atomic E-state index is 0.268. The van der Waals surface area contributed by atoms with Crippen LogP contribution in [0.15, 0.2) is 66.0 Å². The van der Waals surface area contributed by atoms with Crippen LogP contribution in [0.2, 0.25) is 0 Å². The number of hydrogen-bond donors (Lipinski definition) is 2. The SMILES string of the molecule is C[C@@](NC(=O)c1cc(-c2ccc(OC(F)(F)F)cc2)cs1)(C(=O)O)c1ccccc1. The van der Waals surface area contributed by atoms with Crippen LogP contribution in [0.25, 0.3) is 11.1 Å². The van der Waals surface area contributed by atoms with E-state index in [0.717, 1.165) is 11.3 Å². The number of aliphatic carboxylic acids is 1. The van der Waals surface area contributed by atoms with E-state index in [-0.39, 0.29) is 10.6 Å². The molecule has 0 saturated carbocycles. The molecule has 1 amide bonds. The van der Waals surface area contributed by atoms with Crippen LogP contribution in [0.3, 0.4) is 0 Å². The first-order valence-corrected chi connectivity index (χ1v) is 9.52. The Morgan fingerprint density at radius 1 is 1.00 bits per heavy atom. The number of ether oxygens (including phenoxy) is 1. The van der Waals surface area contributed by atoms with Gasteiger partial charge in [-0.2, -0.15) is 0 Å². The maximum absolute atomic E-state index is 12.7. The van der Waals surface area contributed by atoms with Crippen molar-refractivity contribution in [3.05, 3.63) is 76.5 Å². The summed E-state index contributed by atoms with van der Waals surface area (Å²) in [5, 5.41) is 13.9. The van der Waals surface area contributed by atoms with Crippen LogP contribution in [-0.2, 0) is 10.3 Å². The van der Waals surface area contributed by atoms with E-state index in [0.29, 0.717) is 16.7 Å². The van der Waals surface area contributed by atoms with E-state index < -0.39 is 23.8 Å². The van der Waals surface area contributed by atoms with Crippen LogP contribution in [0.5, 0.6) is 5.75 Å². The lowest BCUT2D eigenvalue weighted by Crippen LogP contribution is -2.49. The highest BCUT2D eigenvalue weighted by molar-refractivity contribution is 7.12. The molecule has 1 aromatic heterocycles. The number of thiophene rings is 1. The van der Waals surface area contributed by atoms with Gasteiger partial charge in [-0.25, -0.2) is 4.79 Å². The Bertz CT molecular complexity index is 1050. The second kappa shape index (κ2) is 8.19. The predicted molar refractivity (Wildman–Crippen MR) is 105 cm³/mol. The van der Waals surface area contributed by atoms with Crippen molar-refractivity contribution in [1.29, 1.82) is 0 Å². The maximum Gasteiger partial charge on any atom is 0.573 e. The van der Waals surface area contributed by atoms with Gasteiger partial charge in [-0.05, 0) is 47.2 Å². The van der Waals surface area contributed by atoms with Gasteiger partial charge in [0, 0.05) is 0 Å². The van der Waals surface area contributed by atoms with Crippen molar-refractivity contribution in [2.24, 2.45) is 0 Å². The maximum atomic E-state index is 12.7. The molecular formula is C21H16F3NO4S. The summed E-state index contributed by atoms with van der Waals surface area (Å²) in [6, 6.07) is 15.1. The molecule has 5 nitrogen and oxygen atoms in total. The van der Waals surface area contributed by atoms with Crippen molar-refractivity contribution in [2.75, 3.05) is 0 Å². The Balaban J connectivity index is 1.78.